The summed E-state index contributed by atoms with van der Waals surface area (Å²) in [6.45, 7) is 2.28. The molecule has 3 heteroatoms. The van der Waals surface area contributed by atoms with Crippen molar-refractivity contribution in [3.8, 4) is 0 Å². The Bertz CT molecular complexity index is 237. The van der Waals surface area contributed by atoms with Crippen LogP contribution in [0, 0.1) is 6.08 Å². The first-order chi connectivity index (χ1) is 8.43. The molecule has 0 N–H and O–H groups in total. The van der Waals surface area contributed by atoms with Crippen LogP contribution in [-0.4, -0.2) is 0 Å². The Kier molecular flexibility index (Phi) is 25.8. The van der Waals surface area contributed by atoms with Gasteiger partial charge >= 0.3 is 0 Å². The summed E-state index contributed by atoms with van der Waals surface area (Å²) in [4.78, 5) is 0. The molecule has 0 atom stereocenters. The molecule has 0 aromatic carbocycles. The van der Waals surface area contributed by atoms with Crippen LogP contribution in [0.1, 0.15) is 84.0 Å². The molecule has 0 nitrogen and oxygen atoms in total. The molecule has 0 spiro atoms. The second kappa shape index (κ2) is 19.9. The van der Waals surface area contributed by atoms with Crippen molar-refractivity contribution >= 4 is 24.8 Å². The van der Waals surface area contributed by atoms with E-state index in [1.54, 1.807) is 0 Å². The number of rotatable bonds is 11. The van der Waals surface area contributed by atoms with Gasteiger partial charge in [-0.3, -0.25) is 6.08 Å². The van der Waals surface area contributed by atoms with Crippen molar-refractivity contribution in [1.29, 1.82) is 0 Å². The molecule has 0 saturated heterocycles. The number of allylic oxidation sites excluding steroid dienone is 4. The number of hydrogen-bond donors (Lipinski definition) is 0. The van der Waals surface area contributed by atoms with E-state index in [4.69, 9.17) is 0 Å². The van der Waals surface area contributed by atoms with Gasteiger partial charge < -0.3 is 0 Å². The Morgan fingerprint density at radius 1 is 0.850 bits per heavy atom. The summed E-state index contributed by atoms with van der Waals surface area (Å²) in [5, 5.41) is 0. The Balaban J connectivity index is -0.000000963. The molecule has 0 fully saturated rings. The molecule has 0 saturated carbocycles. The van der Waals surface area contributed by atoms with Crippen molar-refractivity contribution in [2.45, 2.75) is 84.0 Å². The smallest absolute Gasteiger partial charge is 0 e. The van der Waals surface area contributed by atoms with E-state index >= 15 is 0 Å². The molecule has 0 heterocycles. The van der Waals surface area contributed by atoms with Gasteiger partial charge in [0.05, 0.1) is 0 Å². The molecule has 0 radical (unpaired) electrons. The van der Waals surface area contributed by atoms with Crippen LogP contribution in [0.3, 0.4) is 0 Å². The molecular weight excluding hydrogens is 366 g/mol. The number of unbranched alkanes of at least 4 members (excludes halogenated alkanes) is 9. The van der Waals surface area contributed by atoms with E-state index in [2.05, 4.69) is 25.2 Å². The van der Waals surface area contributed by atoms with Gasteiger partial charge in [-0.1, -0.05) is 77.6 Å². The van der Waals surface area contributed by atoms with Crippen LogP contribution in [-0.2, 0) is 26.2 Å². The molecule has 0 aromatic rings. The zero-order chi connectivity index (χ0) is 12.2. The normalized spacial score (nSPS) is 12.2. The maximum atomic E-state index is 3.39. The van der Waals surface area contributed by atoms with E-state index in [0.29, 0.717) is 0 Å². The van der Waals surface area contributed by atoms with Gasteiger partial charge in [-0.05, 0) is 0 Å². The molecule has 1 aliphatic rings. The summed E-state index contributed by atoms with van der Waals surface area (Å²) >= 11 is 0. The van der Waals surface area contributed by atoms with E-state index in [1.165, 1.54) is 76.2 Å². The van der Waals surface area contributed by atoms with Gasteiger partial charge in [0.2, 0.25) is 0 Å². The molecule has 0 amide bonds. The molecule has 0 aromatic heterocycles. The summed E-state index contributed by atoms with van der Waals surface area (Å²) in [7, 11) is 0. The molecule has 118 valence electrons. The Morgan fingerprint density at radius 3 is 1.80 bits per heavy atom. The van der Waals surface area contributed by atoms with E-state index in [-0.39, 0.29) is 51.0 Å². The van der Waals surface area contributed by atoms with Gasteiger partial charge in [0.15, 0.2) is 0 Å². The van der Waals surface area contributed by atoms with Gasteiger partial charge in [-0.15, -0.1) is 31.2 Å². The molecule has 0 aliphatic heterocycles. The second-order valence-electron chi connectivity index (χ2n) is 5.24. The monoisotopic (exact) mass is 395 g/mol. The van der Waals surface area contributed by atoms with Gasteiger partial charge in [-0.2, -0.15) is 6.08 Å². The third kappa shape index (κ3) is 15.3. The van der Waals surface area contributed by atoms with Crippen LogP contribution in [0.4, 0.5) is 0 Å². The molecule has 1 rings (SSSR count). The standard InChI is InChI=1S/C17H29.2ClH.Zr/c1-2-3-4-5-6-7-8-9-10-11-14-17-15-12-13-16-17;;;/h12,15H,2-11,13-14H2,1H3;2*1H;/q-1;;;. The third-order valence-corrected chi connectivity index (χ3v) is 3.57. The minimum atomic E-state index is 0. The fourth-order valence-corrected chi connectivity index (χ4v) is 2.42. The van der Waals surface area contributed by atoms with E-state index in [0.717, 1.165) is 6.42 Å². The molecule has 20 heavy (non-hydrogen) atoms. The van der Waals surface area contributed by atoms with Crippen molar-refractivity contribution < 1.29 is 26.2 Å². The minimum Gasteiger partial charge on any atom is -0.269 e. The van der Waals surface area contributed by atoms with E-state index in [9.17, 15) is 0 Å². The van der Waals surface area contributed by atoms with Crippen molar-refractivity contribution in [1.82, 2.24) is 0 Å². The zero-order valence-electron chi connectivity index (χ0n) is 13.0. The number of halogens is 2. The Labute approximate surface area is 158 Å². The summed E-state index contributed by atoms with van der Waals surface area (Å²) in [6, 6.07) is 0. The minimum absolute atomic E-state index is 0. The molecule has 1 aliphatic carbocycles. The van der Waals surface area contributed by atoms with Crippen LogP contribution in [0.25, 0.3) is 0 Å². The SMILES string of the molecule is CCCCCCCCCCCCC1=[C-]CC=C1.Cl.Cl.[Zr]. The van der Waals surface area contributed by atoms with Gasteiger partial charge in [0, 0.05) is 26.2 Å². The van der Waals surface area contributed by atoms with E-state index in [1.807, 2.05) is 0 Å². The summed E-state index contributed by atoms with van der Waals surface area (Å²) < 4.78 is 0. The average Bonchev–Trinajstić information content (AvgIpc) is 2.85. The fraction of sp³-hybridized carbons (Fsp3) is 0.765. The Morgan fingerprint density at radius 2 is 1.35 bits per heavy atom. The van der Waals surface area contributed by atoms with Crippen LogP contribution < -0.4 is 0 Å². The first-order valence-electron chi connectivity index (χ1n) is 7.69. The molecule has 0 bridgehead atoms. The summed E-state index contributed by atoms with van der Waals surface area (Å²) in [6.07, 6.45) is 24.4. The van der Waals surface area contributed by atoms with Crippen LogP contribution in [0.2, 0.25) is 0 Å². The maximum Gasteiger partial charge on any atom is 0 e. The first kappa shape index (κ1) is 25.9. The topological polar surface area (TPSA) is 0 Å². The van der Waals surface area contributed by atoms with E-state index < -0.39 is 0 Å². The largest absolute Gasteiger partial charge is 0.269 e. The average molecular weight is 398 g/mol. The fourth-order valence-electron chi connectivity index (χ4n) is 2.42. The van der Waals surface area contributed by atoms with Crippen LogP contribution in [0.5, 0.6) is 0 Å². The third-order valence-electron chi connectivity index (χ3n) is 3.57. The Hall–Kier alpha value is 0.943. The van der Waals surface area contributed by atoms with Gasteiger partial charge in [-0.25, -0.2) is 11.6 Å². The maximum absolute atomic E-state index is 3.39. The molecule has 0 unspecified atom stereocenters. The van der Waals surface area contributed by atoms with Crippen molar-refractivity contribution in [3.63, 3.8) is 0 Å². The zero-order valence-corrected chi connectivity index (χ0v) is 17.0. The second-order valence-corrected chi connectivity index (χ2v) is 5.24. The van der Waals surface area contributed by atoms with Crippen molar-refractivity contribution in [2.75, 3.05) is 0 Å². The van der Waals surface area contributed by atoms with Crippen LogP contribution >= 0.6 is 24.8 Å². The van der Waals surface area contributed by atoms with Crippen molar-refractivity contribution in [2.24, 2.45) is 0 Å². The quantitative estimate of drug-likeness (QED) is 0.265. The predicted molar refractivity (Wildman–Crippen MR) is 91.5 cm³/mol. The summed E-state index contributed by atoms with van der Waals surface area (Å²) in [5.41, 5.74) is 1.45. The number of hydrogen-bond acceptors (Lipinski definition) is 0. The van der Waals surface area contributed by atoms with Crippen molar-refractivity contribution in [3.05, 3.63) is 23.8 Å². The van der Waals surface area contributed by atoms with Gasteiger partial charge in [0.25, 0.3) is 0 Å². The van der Waals surface area contributed by atoms with Gasteiger partial charge in [0.1, 0.15) is 0 Å². The van der Waals surface area contributed by atoms with Crippen LogP contribution in [0.15, 0.2) is 17.7 Å². The first-order valence-corrected chi connectivity index (χ1v) is 7.69. The predicted octanol–water partition coefficient (Wildman–Crippen LogP) is 6.83. The molecular formula is C17H31Cl2Zr-. The summed E-state index contributed by atoms with van der Waals surface area (Å²) in [5.74, 6) is 0.